The lowest BCUT2D eigenvalue weighted by Gasteiger charge is -2.24. The summed E-state index contributed by atoms with van der Waals surface area (Å²) in [7, 11) is 1.50. The van der Waals surface area contributed by atoms with Crippen LogP contribution in [0.15, 0.2) is 18.2 Å². The van der Waals surface area contributed by atoms with E-state index >= 15 is 0 Å². The van der Waals surface area contributed by atoms with Crippen molar-refractivity contribution in [2.75, 3.05) is 12.4 Å². The number of benzene rings is 1. The molecular weight excluding hydrogens is 292 g/mol. The molecule has 0 aromatic heterocycles. The normalized spacial score (nSPS) is 11.2. The Morgan fingerprint density at radius 2 is 1.86 bits per heavy atom. The fourth-order valence-corrected chi connectivity index (χ4v) is 1.77. The van der Waals surface area contributed by atoms with Crippen LogP contribution in [0.3, 0.4) is 0 Å². The van der Waals surface area contributed by atoms with E-state index in [1.165, 1.54) is 7.11 Å². The number of carbonyl (C=O) groups is 2. The van der Waals surface area contributed by atoms with E-state index in [0.717, 1.165) is 0 Å². The largest absolute Gasteiger partial charge is 0.495 e. The van der Waals surface area contributed by atoms with E-state index < -0.39 is 11.3 Å². The average molecular weight is 313 g/mol. The second kappa shape index (κ2) is 6.80. The molecule has 0 spiro atoms. The number of hydrogen-bond donors (Lipinski definition) is 2. The van der Waals surface area contributed by atoms with Crippen LogP contribution in [0.2, 0.25) is 5.02 Å². The number of ether oxygens (including phenoxy) is 1. The first-order valence-electron chi connectivity index (χ1n) is 6.64. The van der Waals surface area contributed by atoms with Gasteiger partial charge in [0.1, 0.15) is 11.2 Å². The van der Waals surface area contributed by atoms with Crippen molar-refractivity contribution in [1.29, 1.82) is 0 Å². The highest BCUT2D eigenvalue weighted by Crippen LogP contribution is 2.29. The molecule has 0 aliphatic carbocycles. The Labute approximate surface area is 130 Å². The van der Waals surface area contributed by atoms with Gasteiger partial charge >= 0.3 is 0 Å². The quantitative estimate of drug-likeness (QED) is 0.822. The van der Waals surface area contributed by atoms with Crippen LogP contribution in [0, 0.1) is 5.41 Å². The highest BCUT2D eigenvalue weighted by molar-refractivity contribution is 6.31. The smallest absolute Gasteiger partial charge is 0.239 e. The van der Waals surface area contributed by atoms with Crippen LogP contribution in [0.5, 0.6) is 5.75 Å². The lowest BCUT2D eigenvalue weighted by atomic mass is 9.90. The van der Waals surface area contributed by atoms with Gasteiger partial charge in [0.25, 0.3) is 0 Å². The summed E-state index contributed by atoms with van der Waals surface area (Å²) >= 11 is 5.92. The van der Waals surface area contributed by atoms with Crippen molar-refractivity contribution in [3.05, 3.63) is 23.2 Å². The Morgan fingerprint density at radius 1 is 1.24 bits per heavy atom. The second-order valence-corrected chi connectivity index (χ2v) is 5.99. The molecule has 0 unspecified atom stereocenters. The SMILES string of the molecule is COc1ccc(Cl)cc1NC(=O)C(C)(C)C(=O)NC(C)C. The van der Waals surface area contributed by atoms with E-state index in [1.807, 2.05) is 13.8 Å². The number of hydrogen-bond acceptors (Lipinski definition) is 3. The predicted molar refractivity (Wildman–Crippen MR) is 83.7 cm³/mol. The van der Waals surface area contributed by atoms with E-state index in [4.69, 9.17) is 16.3 Å². The number of halogens is 1. The van der Waals surface area contributed by atoms with Gasteiger partial charge in [-0.1, -0.05) is 11.6 Å². The van der Waals surface area contributed by atoms with Crippen molar-refractivity contribution >= 4 is 29.1 Å². The minimum Gasteiger partial charge on any atom is -0.495 e. The van der Waals surface area contributed by atoms with Crippen molar-refractivity contribution in [1.82, 2.24) is 5.32 Å². The zero-order valence-electron chi connectivity index (χ0n) is 12.9. The van der Waals surface area contributed by atoms with Gasteiger partial charge in [-0.3, -0.25) is 9.59 Å². The van der Waals surface area contributed by atoms with Gasteiger partial charge in [0, 0.05) is 11.1 Å². The van der Waals surface area contributed by atoms with Gasteiger partial charge in [0.2, 0.25) is 11.8 Å². The molecule has 0 radical (unpaired) electrons. The lowest BCUT2D eigenvalue weighted by Crippen LogP contribution is -2.47. The predicted octanol–water partition coefficient (Wildman–Crippen LogP) is 2.84. The van der Waals surface area contributed by atoms with E-state index in [0.29, 0.717) is 16.5 Å². The third-order valence-electron chi connectivity index (χ3n) is 2.96. The maximum Gasteiger partial charge on any atom is 0.239 e. The Hall–Kier alpha value is -1.75. The van der Waals surface area contributed by atoms with E-state index in [2.05, 4.69) is 10.6 Å². The third-order valence-corrected chi connectivity index (χ3v) is 3.20. The Bertz CT molecular complexity index is 542. The van der Waals surface area contributed by atoms with Crippen LogP contribution in [-0.2, 0) is 9.59 Å². The molecule has 116 valence electrons. The number of methoxy groups -OCH3 is 1. The first kappa shape index (κ1) is 17.3. The molecular formula is C15H21ClN2O3. The Balaban J connectivity index is 2.94. The number of nitrogens with one attached hydrogen (secondary N) is 2. The Morgan fingerprint density at radius 3 is 2.38 bits per heavy atom. The fraction of sp³-hybridized carbons (Fsp3) is 0.467. The molecule has 2 N–H and O–H groups in total. The lowest BCUT2D eigenvalue weighted by molar-refractivity contribution is -0.138. The summed E-state index contributed by atoms with van der Waals surface area (Å²) in [6.07, 6.45) is 0. The van der Waals surface area contributed by atoms with Gasteiger partial charge in [-0.15, -0.1) is 0 Å². The molecule has 0 aliphatic heterocycles. The number of anilines is 1. The van der Waals surface area contributed by atoms with Crippen LogP contribution >= 0.6 is 11.6 Å². The summed E-state index contributed by atoms with van der Waals surface area (Å²) in [4.78, 5) is 24.5. The Kier molecular flexibility index (Phi) is 5.61. The van der Waals surface area contributed by atoms with E-state index in [1.54, 1.807) is 32.0 Å². The minimum absolute atomic E-state index is 0.0368. The molecule has 6 heteroatoms. The molecule has 0 heterocycles. The molecule has 0 fully saturated rings. The van der Waals surface area contributed by atoms with E-state index in [9.17, 15) is 9.59 Å². The summed E-state index contributed by atoms with van der Waals surface area (Å²) < 4.78 is 5.16. The first-order chi connectivity index (χ1) is 9.68. The van der Waals surface area contributed by atoms with Crippen molar-refractivity contribution in [2.45, 2.75) is 33.7 Å². The van der Waals surface area contributed by atoms with Gasteiger partial charge < -0.3 is 15.4 Å². The maximum atomic E-state index is 12.4. The topological polar surface area (TPSA) is 67.4 Å². The summed E-state index contributed by atoms with van der Waals surface area (Å²) in [5, 5.41) is 5.89. The van der Waals surface area contributed by atoms with Gasteiger partial charge in [0.05, 0.1) is 12.8 Å². The number of rotatable bonds is 5. The molecule has 0 saturated carbocycles. The van der Waals surface area contributed by atoms with Crippen LogP contribution < -0.4 is 15.4 Å². The summed E-state index contributed by atoms with van der Waals surface area (Å²) in [5.74, 6) is -0.287. The highest BCUT2D eigenvalue weighted by Gasteiger charge is 2.36. The monoisotopic (exact) mass is 312 g/mol. The third kappa shape index (κ3) is 4.36. The summed E-state index contributed by atoms with van der Waals surface area (Å²) in [6.45, 7) is 6.81. The molecule has 1 rings (SSSR count). The zero-order valence-corrected chi connectivity index (χ0v) is 13.7. The maximum absolute atomic E-state index is 12.4. The van der Waals surface area contributed by atoms with Crippen LogP contribution in [0.1, 0.15) is 27.7 Å². The summed E-state index contributed by atoms with van der Waals surface area (Å²) in [6, 6.07) is 4.85. The molecule has 1 aromatic rings. The van der Waals surface area contributed by atoms with Gasteiger partial charge in [0.15, 0.2) is 0 Å². The number of carbonyl (C=O) groups excluding carboxylic acids is 2. The standard InChI is InChI=1S/C15H21ClN2O3/c1-9(2)17-13(19)15(3,4)14(20)18-11-8-10(16)6-7-12(11)21-5/h6-9H,1-5H3,(H,17,19)(H,18,20). The molecule has 2 amide bonds. The molecule has 0 aliphatic rings. The number of amides is 2. The fourth-order valence-electron chi connectivity index (χ4n) is 1.60. The molecule has 0 bridgehead atoms. The molecule has 1 aromatic carbocycles. The van der Waals surface area contributed by atoms with Crippen molar-refractivity contribution in [2.24, 2.45) is 5.41 Å². The van der Waals surface area contributed by atoms with Crippen molar-refractivity contribution in [3.8, 4) is 5.75 Å². The first-order valence-corrected chi connectivity index (χ1v) is 7.02. The molecule has 21 heavy (non-hydrogen) atoms. The van der Waals surface area contributed by atoms with Crippen LogP contribution in [-0.4, -0.2) is 25.0 Å². The van der Waals surface area contributed by atoms with Gasteiger partial charge in [-0.25, -0.2) is 0 Å². The minimum atomic E-state index is -1.21. The van der Waals surface area contributed by atoms with Gasteiger partial charge in [-0.05, 0) is 45.9 Å². The van der Waals surface area contributed by atoms with Crippen molar-refractivity contribution < 1.29 is 14.3 Å². The summed E-state index contributed by atoms with van der Waals surface area (Å²) in [5.41, 5.74) is -0.780. The molecule has 5 nitrogen and oxygen atoms in total. The average Bonchev–Trinajstić information content (AvgIpc) is 2.38. The van der Waals surface area contributed by atoms with Gasteiger partial charge in [-0.2, -0.15) is 0 Å². The second-order valence-electron chi connectivity index (χ2n) is 5.55. The van der Waals surface area contributed by atoms with E-state index in [-0.39, 0.29) is 11.9 Å². The molecule has 0 atom stereocenters. The zero-order chi connectivity index (χ0) is 16.2. The van der Waals surface area contributed by atoms with Crippen LogP contribution in [0.25, 0.3) is 0 Å². The molecule has 0 saturated heterocycles. The highest BCUT2D eigenvalue weighted by atomic mass is 35.5. The van der Waals surface area contributed by atoms with Crippen molar-refractivity contribution in [3.63, 3.8) is 0 Å². The van der Waals surface area contributed by atoms with Crippen LogP contribution in [0.4, 0.5) is 5.69 Å².